The van der Waals surface area contributed by atoms with Gasteiger partial charge in [0.25, 0.3) is 5.91 Å². The van der Waals surface area contributed by atoms with Crippen molar-refractivity contribution < 1.29 is 17.9 Å². The highest BCUT2D eigenvalue weighted by Gasteiger charge is 2.20. The molecule has 26 heavy (non-hydrogen) atoms. The van der Waals surface area contributed by atoms with Crippen LogP contribution in [0, 0.1) is 6.92 Å². The molecule has 0 aliphatic heterocycles. The van der Waals surface area contributed by atoms with Crippen LogP contribution in [0.3, 0.4) is 0 Å². The summed E-state index contributed by atoms with van der Waals surface area (Å²) in [5.41, 5.74) is 1.49. The Morgan fingerprint density at radius 3 is 2.54 bits per heavy atom. The number of amides is 1. The number of hydrogen-bond donors (Lipinski definition) is 1. The van der Waals surface area contributed by atoms with E-state index in [-0.39, 0.29) is 10.8 Å². The first-order valence-electron chi connectivity index (χ1n) is 8.22. The number of anilines is 1. The molecule has 0 radical (unpaired) electrons. The van der Waals surface area contributed by atoms with Gasteiger partial charge in [0.05, 0.1) is 22.6 Å². The van der Waals surface area contributed by atoms with Gasteiger partial charge >= 0.3 is 0 Å². The van der Waals surface area contributed by atoms with E-state index in [0.29, 0.717) is 16.3 Å². The van der Waals surface area contributed by atoms with Gasteiger partial charge in [-0.25, -0.2) is 12.7 Å². The number of carbonyl (C=O) groups is 1. The quantitative estimate of drug-likeness (QED) is 0.777. The van der Waals surface area contributed by atoms with Crippen molar-refractivity contribution in [3.63, 3.8) is 0 Å². The van der Waals surface area contributed by atoms with Crippen molar-refractivity contribution in [3.8, 4) is 5.75 Å². The number of ether oxygens (including phenoxy) is 1. The highest BCUT2D eigenvalue weighted by atomic mass is 32.2. The van der Waals surface area contributed by atoms with Gasteiger partial charge in [0, 0.05) is 19.0 Å². The average molecular weight is 397 g/mol. The molecule has 0 spiro atoms. The van der Waals surface area contributed by atoms with Crippen LogP contribution in [0.4, 0.5) is 5.69 Å². The minimum Gasteiger partial charge on any atom is -0.495 e. The predicted molar refractivity (Wildman–Crippen MR) is 105 cm³/mol. The van der Waals surface area contributed by atoms with Gasteiger partial charge in [-0.15, -0.1) is 11.3 Å². The molecule has 1 aromatic carbocycles. The maximum atomic E-state index is 12.6. The van der Waals surface area contributed by atoms with Gasteiger partial charge in [-0.05, 0) is 43.2 Å². The third kappa shape index (κ3) is 4.25. The van der Waals surface area contributed by atoms with Crippen molar-refractivity contribution in [2.45, 2.75) is 31.6 Å². The zero-order valence-electron chi connectivity index (χ0n) is 15.6. The van der Waals surface area contributed by atoms with E-state index in [4.69, 9.17) is 4.74 Å². The van der Waals surface area contributed by atoms with Crippen molar-refractivity contribution in [3.05, 3.63) is 39.6 Å². The fourth-order valence-electron chi connectivity index (χ4n) is 2.49. The Hall–Kier alpha value is -1.90. The number of nitrogens with one attached hydrogen (secondary N) is 1. The van der Waals surface area contributed by atoms with E-state index in [9.17, 15) is 13.2 Å². The van der Waals surface area contributed by atoms with Crippen molar-refractivity contribution in [1.82, 2.24) is 4.31 Å². The summed E-state index contributed by atoms with van der Waals surface area (Å²) in [5, 5.41) is 2.78. The molecule has 0 aliphatic rings. The van der Waals surface area contributed by atoms with Crippen LogP contribution < -0.4 is 10.1 Å². The first-order valence-corrected chi connectivity index (χ1v) is 10.5. The van der Waals surface area contributed by atoms with Crippen molar-refractivity contribution >= 4 is 33.0 Å². The highest BCUT2D eigenvalue weighted by molar-refractivity contribution is 7.89. The molecule has 1 amide bonds. The highest BCUT2D eigenvalue weighted by Crippen LogP contribution is 2.30. The van der Waals surface area contributed by atoms with E-state index < -0.39 is 10.0 Å². The van der Waals surface area contributed by atoms with E-state index >= 15 is 0 Å². The first-order chi connectivity index (χ1) is 12.2. The minimum absolute atomic E-state index is 0.0904. The molecule has 0 fully saturated rings. The normalized spacial score (nSPS) is 11.6. The molecule has 0 atom stereocenters. The van der Waals surface area contributed by atoms with Crippen LogP contribution in [0.1, 0.15) is 33.5 Å². The number of thiophene rings is 1. The van der Waals surface area contributed by atoms with Crippen LogP contribution in [0.25, 0.3) is 0 Å². The van der Waals surface area contributed by atoms with E-state index in [1.165, 1.54) is 56.3 Å². The van der Waals surface area contributed by atoms with Crippen molar-refractivity contribution in [1.29, 1.82) is 0 Å². The number of sulfonamides is 1. The molecule has 0 unspecified atom stereocenters. The summed E-state index contributed by atoms with van der Waals surface area (Å²) in [5.74, 6) is 0.122. The third-order valence-corrected chi connectivity index (χ3v) is 6.86. The molecule has 2 rings (SSSR count). The number of hydrogen-bond acceptors (Lipinski definition) is 5. The van der Waals surface area contributed by atoms with E-state index in [1.807, 2.05) is 13.0 Å². The maximum absolute atomic E-state index is 12.6. The summed E-state index contributed by atoms with van der Waals surface area (Å²) in [7, 11) is 0.786. The summed E-state index contributed by atoms with van der Waals surface area (Å²) in [6.45, 7) is 4.09. The summed E-state index contributed by atoms with van der Waals surface area (Å²) in [6, 6.07) is 6.30. The standard InChI is InChI=1S/C18H24N2O4S2/c1-6-7-13-10-17(25-12(13)2)18(21)19-15-11-14(8-9-16(15)24-5)26(22,23)20(3)4/h8-11H,6-7H2,1-5H3,(H,19,21). The molecule has 0 saturated heterocycles. The fourth-order valence-corrected chi connectivity index (χ4v) is 4.38. The smallest absolute Gasteiger partial charge is 0.265 e. The number of nitrogens with zero attached hydrogens (tertiary/aromatic N) is 1. The molecule has 1 N–H and O–H groups in total. The number of carbonyl (C=O) groups excluding carboxylic acids is 1. The molecular formula is C18H24N2O4S2. The first kappa shape index (κ1) is 20.4. The Labute approximate surface area is 158 Å². The van der Waals surface area contributed by atoms with E-state index in [1.54, 1.807) is 0 Å². The van der Waals surface area contributed by atoms with E-state index in [0.717, 1.165) is 22.0 Å². The Kier molecular flexibility index (Phi) is 6.44. The van der Waals surface area contributed by atoms with Crippen LogP contribution >= 0.6 is 11.3 Å². The number of aryl methyl sites for hydroxylation is 2. The zero-order valence-corrected chi connectivity index (χ0v) is 17.3. The molecule has 0 aliphatic carbocycles. The summed E-state index contributed by atoms with van der Waals surface area (Å²) >= 11 is 1.43. The van der Waals surface area contributed by atoms with Crippen molar-refractivity contribution in [2.75, 3.05) is 26.5 Å². The SMILES string of the molecule is CCCc1cc(C(=O)Nc2cc(S(=O)(=O)N(C)C)ccc2OC)sc1C. The van der Waals surface area contributed by atoms with E-state index in [2.05, 4.69) is 12.2 Å². The summed E-state index contributed by atoms with van der Waals surface area (Å²) in [4.78, 5) is 14.4. The molecule has 8 heteroatoms. The second kappa shape index (κ2) is 8.20. The molecule has 2 aromatic rings. The lowest BCUT2D eigenvalue weighted by molar-refractivity contribution is 0.103. The van der Waals surface area contributed by atoms with Gasteiger partial charge in [-0.3, -0.25) is 4.79 Å². The van der Waals surface area contributed by atoms with Crippen molar-refractivity contribution in [2.24, 2.45) is 0 Å². The van der Waals surface area contributed by atoms with Crippen LogP contribution in [0.2, 0.25) is 0 Å². The third-order valence-electron chi connectivity index (χ3n) is 3.96. The Morgan fingerprint density at radius 2 is 1.96 bits per heavy atom. The van der Waals surface area contributed by atoms with Gasteiger partial charge in [-0.1, -0.05) is 13.3 Å². The second-order valence-corrected chi connectivity index (χ2v) is 9.45. The van der Waals surface area contributed by atoms with Gasteiger partial charge < -0.3 is 10.1 Å². The maximum Gasteiger partial charge on any atom is 0.265 e. The lowest BCUT2D eigenvalue weighted by atomic mass is 10.1. The fraction of sp³-hybridized carbons (Fsp3) is 0.389. The van der Waals surface area contributed by atoms with Gasteiger partial charge in [0.2, 0.25) is 10.0 Å². The molecule has 142 valence electrons. The average Bonchev–Trinajstić information content (AvgIpc) is 2.96. The minimum atomic E-state index is -3.61. The molecule has 6 nitrogen and oxygen atoms in total. The second-order valence-electron chi connectivity index (χ2n) is 6.05. The molecule has 0 saturated carbocycles. The van der Waals surface area contributed by atoms with Gasteiger partial charge in [-0.2, -0.15) is 0 Å². The zero-order chi connectivity index (χ0) is 19.5. The van der Waals surface area contributed by atoms with Gasteiger partial charge in [0.15, 0.2) is 0 Å². The van der Waals surface area contributed by atoms with Crippen LogP contribution in [0.5, 0.6) is 5.75 Å². The number of rotatable bonds is 7. The largest absolute Gasteiger partial charge is 0.495 e. The molecule has 0 bridgehead atoms. The number of benzene rings is 1. The molecule has 1 heterocycles. The lowest BCUT2D eigenvalue weighted by Crippen LogP contribution is -2.22. The lowest BCUT2D eigenvalue weighted by Gasteiger charge is -2.15. The Bertz CT molecular complexity index is 902. The van der Waals surface area contributed by atoms with Gasteiger partial charge in [0.1, 0.15) is 5.75 Å². The Morgan fingerprint density at radius 1 is 1.27 bits per heavy atom. The van der Waals surface area contributed by atoms with Crippen LogP contribution in [0.15, 0.2) is 29.2 Å². The topological polar surface area (TPSA) is 75.7 Å². The summed E-state index contributed by atoms with van der Waals surface area (Å²) < 4.78 is 31.1. The molecular weight excluding hydrogens is 372 g/mol. The summed E-state index contributed by atoms with van der Waals surface area (Å²) in [6.07, 6.45) is 1.94. The van der Waals surface area contributed by atoms with Crippen LogP contribution in [-0.2, 0) is 16.4 Å². The predicted octanol–water partition coefficient (Wildman–Crippen LogP) is 3.52. The number of methoxy groups -OCH3 is 1. The van der Waals surface area contributed by atoms with Crippen LogP contribution in [-0.4, -0.2) is 39.8 Å². The Balaban J connectivity index is 2.35. The monoisotopic (exact) mass is 396 g/mol. The molecule has 1 aromatic heterocycles.